The van der Waals surface area contributed by atoms with Crippen LogP contribution in [0.5, 0.6) is 0 Å². The predicted octanol–water partition coefficient (Wildman–Crippen LogP) is 5.25. The third-order valence-corrected chi connectivity index (χ3v) is 7.37. The van der Waals surface area contributed by atoms with E-state index in [1.807, 2.05) is 6.20 Å². The van der Waals surface area contributed by atoms with Crippen molar-refractivity contribution in [2.75, 3.05) is 18.0 Å². The van der Waals surface area contributed by atoms with Crippen LogP contribution in [0, 0.1) is 5.41 Å². The van der Waals surface area contributed by atoms with Gasteiger partial charge in [-0.1, -0.05) is 32.9 Å². The molecule has 1 aliphatic carbocycles. The lowest BCUT2D eigenvalue weighted by molar-refractivity contribution is -0.119. The molecule has 0 amide bonds. The highest BCUT2D eigenvalue weighted by Gasteiger charge is 2.53. The Bertz CT molecular complexity index is 967. The number of carbonyl (C=O) groups excluding carboxylic acids is 1. The Balaban J connectivity index is 1.68. The fourth-order valence-electron chi connectivity index (χ4n) is 6.01. The number of carbonyl (C=O) groups is 1. The van der Waals surface area contributed by atoms with Crippen LogP contribution in [0.15, 0.2) is 57.5 Å². The van der Waals surface area contributed by atoms with Crippen molar-refractivity contribution in [3.8, 4) is 0 Å². The van der Waals surface area contributed by atoms with Crippen molar-refractivity contribution in [2.24, 2.45) is 15.6 Å². The topological polar surface area (TPSA) is 57.1 Å². The van der Waals surface area contributed by atoms with Crippen LogP contribution in [0.25, 0.3) is 0 Å². The average molecular weight is 405 g/mol. The Labute approximate surface area is 179 Å². The number of piperidine rings is 1. The van der Waals surface area contributed by atoms with Crippen molar-refractivity contribution in [3.05, 3.63) is 52.9 Å². The summed E-state index contributed by atoms with van der Waals surface area (Å²) in [6.45, 7) is 8.79. The average Bonchev–Trinajstić information content (AvgIpc) is 3.21. The number of hydrogen-bond acceptors (Lipinski definition) is 5. The van der Waals surface area contributed by atoms with Gasteiger partial charge in [-0.3, -0.25) is 4.79 Å². The second-order valence-electron chi connectivity index (χ2n) is 10.0. The highest BCUT2D eigenvalue weighted by molar-refractivity contribution is 6.01. The number of hydrogen-bond donors (Lipinski definition) is 1. The summed E-state index contributed by atoms with van der Waals surface area (Å²) in [6, 6.07) is 8.91. The van der Waals surface area contributed by atoms with Gasteiger partial charge < -0.3 is 10.2 Å². The smallest absolute Gasteiger partial charge is 0.164 e. The summed E-state index contributed by atoms with van der Waals surface area (Å²) in [5.41, 5.74) is 5.14. The molecular weight excluding hydrogens is 372 g/mol. The Morgan fingerprint density at radius 1 is 1.17 bits per heavy atom. The van der Waals surface area contributed by atoms with E-state index in [0.717, 1.165) is 42.8 Å². The minimum Gasteiger partial charge on any atom is -0.372 e. The van der Waals surface area contributed by atoms with Gasteiger partial charge >= 0.3 is 0 Å². The van der Waals surface area contributed by atoms with Gasteiger partial charge in [0.2, 0.25) is 0 Å². The first kappa shape index (κ1) is 19.5. The zero-order valence-electron chi connectivity index (χ0n) is 18.4. The number of Topliss-reactive ketones (excluding diaryl/α,β-unsaturated/α-hetero) is 1. The number of allylic oxidation sites excluding steroid dienone is 2. The summed E-state index contributed by atoms with van der Waals surface area (Å²) in [7, 11) is 0. The van der Waals surface area contributed by atoms with Gasteiger partial charge in [-0.2, -0.15) is 10.2 Å². The molecule has 158 valence electrons. The predicted molar refractivity (Wildman–Crippen MR) is 119 cm³/mol. The van der Waals surface area contributed by atoms with Crippen LogP contribution in [0.1, 0.15) is 64.9 Å². The lowest BCUT2D eigenvalue weighted by Gasteiger charge is -2.48. The molecule has 3 aliphatic heterocycles. The highest BCUT2D eigenvalue weighted by atomic mass is 16.1. The van der Waals surface area contributed by atoms with Gasteiger partial charge in [-0.25, -0.2) is 0 Å². The Morgan fingerprint density at radius 3 is 2.73 bits per heavy atom. The largest absolute Gasteiger partial charge is 0.372 e. The van der Waals surface area contributed by atoms with Crippen LogP contribution in [0.3, 0.4) is 0 Å². The van der Waals surface area contributed by atoms with Crippen LogP contribution in [-0.2, 0) is 10.2 Å². The second kappa shape index (κ2) is 7.07. The molecular formula is C25H32N4O. The minimum absolute atomic E-state index is 0.0327. The van der Waals surface area contributed by atoms with Gasteiger partial charge in [0.05, 0.1) is 11.6 Å². The summed E-state index contributed by atoms with van der Waals surface area (Å²) < 4.78 is 0. The molecule has 1 fully saturated rings. The van der Waals surface area contributed by atoms with Crippen molar-refractivity contribution < 1.29 is 4.79 Å². The quantitative estimate of drug-likeness (QED) is 0.749. The molecule has 0 spiro atoms. The van der Waals surface area contributed by atoms with E-state index >= 15 is 0 Å². The number of nitrogens with zero attached hydrogens (tertiary/aromatic N) is 3. The number of fused-ring (bicyclic) bond motifs is 1. The van der Waals surface area contributed by atoms with Crippen molar-refractivity contribution in [2.45, 2.75) is 70.9 Å². The summed E-state index contributed by atoms with van der Waals surface area (Å²) in [4.78, 5) is 16.1. The van der Waals surface area contributed by atoms with Crippen molar-refractivity contribution in [1.29, 1.82) is 0 Å². The third-order valence-electron chi connectivity index (χ3n) is 7.37. The van der Waals surface area contributed by atoms with E-state index in [4.69, 9.17) is 0 Å². The SMILES string of the molecule is CC[C@]1(c2cccc(N3CCCCC3)c2)C2=CN=NC2NC2=C1C(=O)CC(C)(C)C2. The lowest BCUT2D eigenvalue weighted by atomic mass is 9.59. The molecule has 1 aromatic rings. The summed E-state index contributed by atoms with van der Waals surface area (Å²) in [6.07, 6.45) is 7.85. The van der Waals surface area contributed by atoms with E-state index in [9.17, 15) is 4.79 Å². The highest BCUT2D eigenvalue weighted by Crippen LogP contribution is 2.54. The van der Waals surface area contributed by atoms with E-state index in [-0.39, 0.29) is 17.4 Å². The zero-order chi connectivity index (χ0) is 20.9. The van der Waals surface area contributed by atoms with Crippen molar-refractivity contribution >= 4 is 11.5 Å². The molecule has 0 saturated carbocycles. The first-order chi connectivity index (χ1) is 14.4. The Morgan fingerprint density at radius 2 is 1.97 bits per heavy atom. The van der Waals surface area contributed by atoms with E-state index in [2.05, 4.69) is 65.5 Å². The number of benzene rings is 1. The van der Waals surface area contributed by atoms with Gasteiger partial charge in [0, 0.05) is 42.0 Å². The first-order valence-corrected chi connectivity index (χ1v) is 11.4. The molecule has 5 heteroatoms. The molecule has 1 saturated heterocycles. The molecule has 1 N–H and O–H groups in total. The maximum Gasteiger partial charge on any atom is 0.164 e. The summed E-state index contributed by atoms with van der Waals surface area (Å²) >= 11 is 0. The molecule has 0 radical (unpaired) electrons. The molecule has 4 aliphatic rings. The molecule has 2 atom stereocenters. The number of rotatable bonds is 3. The minimum atomic E-state index is -0.450. The van der Waals surface area contributed by atoms with Gasteiger partial charge in [-0.15, -0.1) is 0 Å². The van der Waals surface area contributed by atoms with E-state index < -0.39 is 5.41 Å². The van der Waals surface area contributed by atoms with E-state index in [0.29, 0.717) is 6.42 Å². The Hall–Kier alpha value is -2.43. The third kappa shape index (κ3) is 2.93. The second-order valence-corrected chi connectivity index (χ2v) is 10.0. The molecule has 0 bridgehead atoms. The summed E-state index contributed by atoms with van der Waals surface area (Å²) in [5, 5.41) is 12.3. The number of azo groups is 1. The maximum absolute atomic E-state index is 13.6. The molecule has 3 heterocycles. The first-order valence-electron chi connectivity index (χ1n) is 11.4. The van der Waals surface area contributed by atoms with Crippen LogP contribution in [-0.4, -0.2) is 25.0 Å². The molecule has 1 unspecified atom stereocenters. The number of anilines is 1. The van der Waals surface area contributed by atoms with Gasteiger partial charge in [0.25, 0.3) is 0 Å². The molecule has 5 rings (SSSR count). The number of nitrogens with one attached hydrogen (secondary N) is 1. The monoisotopic (exact) mass is 404 g/mol. The fraction of sp³-hybridized carbons (Fsp3) is 0.560. The zero-order valence-corrected chi connectivity index (χ0v) is 18.4. The van der Waals surface area contributed by atoms with Crippen molar-refractivity contribution in [3.63, 3.8) is 0 Å². The van der Waals surface area contributed by atoms with Gasteiger partial charge in [0.1, 0.15) is 0 Å². The normalized spacial score (nSPS) is 30.0. The molecule has 30 heavy (non-hydrogen) atoms. The van der Waals surface area contributed by atoms with Crippen LogP contribution >= 0.6 is 0 Å². The van der Waals surface area contributed by atoms with E-state index in [1.165, 1.54) is 30.5 Å². The molecule has 0 aromatic heterocycles. The maximum atomic E-state index is 13.6. The molecule has 1 aromatic carbocycles. The van der Waals surface area contributed by atoms with E-state index in [1.54, 1.807) is 0 Å². The lowest BCUT2D eigenvalue weighted by Crippen LogP contribution is -2.51. The summed E-state index contributed by atoms with van der Waals surface area (Å²) in [5.74, 6) is 0.269. The van der Waals surface area contributed by atoms with Crippen molar-refractivity contribution in [1.82, 2.24) is 5.32 Å². The van der Waals surface area contributed by atoms with Crippen LogP contribution in [0.2, 0.25) is 0 Å². The standard InChI is InChI=1S/C25H32N4O/c1-4-25(17-9-8-10-18(13-17)29-11-6-5-7-12-29)19-16-26-28-23(19)27-20-14-24(2,3)15-21(30)22(20)25/h8-10,13,16,23,27H,4-7,11-12,14-15H2,1-3H3/t23?,25-/m0/s1. The fourth-order valence-corrected chi connectivity index (χ4v) is 6.01. The molecule has 5 nitrogen and oxygen atoms in total. The van der Waals surface area contributed by atoms with Gasteiger partial charge in [-0.05, 0) is 55.2 Å². The van der Waals surface area contributed by atoms with Crippen LogP contribution in [0.4, 0.5) is 5.69 Å². The Kier molecular flexibility index (Phi) is 4.60. The number of ketones is 1. The van der Waals surface area contributed by atoms with Crippen LogP contribution < -0.4 is 10.2 Å². The van der Waals surface area contributed by atoms with Gasteiger partial charge in [0.15, 0.2) is 11.9 Å².